The van der Waals surface area contributed by atoms with E-state index in [9.17, 15) is 15.0 Å². The normalized spacial score (nSPS) is 39.8. The van der Waals surface area contributed by atoms with Gasteiger partial charge < -0.3 is 20.3 Å². The first-order chi connectivity index (χ1) is 12.4. The van der Waals surface area contributed by atoms with Gasteiger partial charge in [0.2, 0.25) is 5.91 Å². The number of amides is 1. The van der Waals surface area contributed by atoms with Crippen molar-refractivity contribution in [3.63, 3.8) is 0 Å². The minimum atomic E-state index is -0.880. The fraction of sp³-hybridized carbons (Fsp3) is 0.550. The molecule has 0 spiro atoms. The summed E-state index contributed by atoms with van der Waals surface area (Å²) in [4.78, 5) is 14.3. The molecule has 0 aromatic carbocycles. The Hall–Kier alpha value is -1.89. The number of aliphatic hydroxyl groups excluding tert-OH is 1. The summed E-state index contributed by atoms with van der Waals surface area (Å²) < 4.78 is 5.32. The molecule has 4 aliphatic heterocycles. The van der Waals surface area contributed by atoms with Crippen LogP contribution in [-0.4, -0.2) is 65.0 Å². The Balaban J connectivity index is 1.65. The zero-order valence-electron chi connectivity index (χ0n) is 15.0. The molecule has 140 valence electrons. The van der Waals surface area contributed by atoms with Crippen molar-refractivity contribution < 1.29 is 19.7 Å². The van der Waals surface area contributed by atoms with E-state index >= 15 is 0 Å². The predicted molar refractivity (Wildman–Crippen MR) is 97.0 cm³/mol. The largest absolute Gasteiger partial charge is 0.497 e. The molecule has 0 saturated carbocycles. The van der Waals surface area contributed by atoms with Gasteiger partial charge in [0.1, 0.15) is 5.76 Å². The summed E-state index contributed by atoms with van der Waals surface area (Å²) in [5.41, 5.74) is 0.797. The highest BCUT2D eigenvalue weighted by atomic mass is 16.5. The first-order valence-electron chi connectivity index (χ1n) is 9.19. The quantitative estimate of drug-likeness (QED) is 0.643. The smallest absolute Gasteiger partial charge is 0.224 e. The molecule has 5 rings (SSSR count). The second-order valence-electron chi connectivity index (χ2n) is 7.71. The van der Waals surface area contributed by atoms with E-state index in [1.165, 1.54) is 0 Å². The molecule has 5 aliphatic rings. The van der Waals surface area contributed by atoms with Gasteiger partial charge in [-0.3, -0.25) is 9.69 Å². The monoisotopic (exact) mass is 358 g/mol. The summed E-state index contributed by atoms with van der Waals surface area (Å²) in [6.07, 6.45) is 8.31. The van der Waals surface area contributed by atoms with E-state index in [1.807, 2.05) is 18.2 Å². The second-order valence-corrected chi connectivity index (χ2v) is 7.71. The van der Waals surface area contributed by atoms with E-state index in [1.54, 1.807) is 13.2 Å². The number of aliphatic hydroxyl groups is 2. The molecule has 6 heteroatoms. The Morgan fingerprint density at radius 1 is 1.54 bits per heavy atom. The number of fused-ring (bicyclic) bond motifs is 4. The third-order valence-corrected chi connectivity index (χ3v) is 6.36. The maximum atomic E-state index is 12.2. The summed E-state index contributed by atoms with van der Waals surface area (Å²) >= 11 is 0. The van der Waals surface area contributed by atoms with Gasteiger partial charge in [0.15, 0.2) is 0 Å². The second kappa shape index (κ2) is 6.37. The van der Waals surface area contributed by atoms with Crippen LogP contribution in [0.1, 0.15) is 19.3 Å². The van der Waals surface area contributed by atoms with Gasteiger partial charge in [-0.15, -0.1) is 6.58 Å². The van der Waals surface area contributed by atoms with Crippen molar-refractivity contribution in [2.24, 2.45) is 5.92 Å². The molecular formula is C20H26N2O4. The van der Waals surface area contributed by atoms with Crippen molar-refractivity contribution in [3.8, 4) is 0 Å². The molecule has 3 saturated heterocycles. The number of nitrogens with zero attached hydrogens (tertiary/aromatic N) is 1. The van der Waals surface area contributed by atoms with Gasteiger partial charge in [-0.1, -0.05) is 12.2 Å². The molecule has 0 aromatic heterocycles. The molecule has 6 unspecified atom stereocenters. The van der Waals surface area contributed by atoms with E-state index in [2.05, 4.69) is 16.8 Å². The van der Waals surface area contributed by atoms with Crippen LogP contribution in [-0.2, 0) is 9.53 Å². The highest BCUT2D eigenvalue weighted by Gasteiger charge is 2.50. The van der Waals surface area contributed by atoms with Crippen LogP contribution < -0.4 is 5.32 Å². The number of allylic oxidation sites excluding steroid dienone is 1. The lowest BCUT2D eigenvalue weighted by molar-refractivity contribution is -0.126. The summed E-state index contributed by atoms with van der Waals surface area (Å²) in [5.74, 6) is 0.730. The number of hydrogen-bond donors (Lipinski definition) is 3. The number of carbonyl (C=O) groups excluding carboxylic acids is 1. The Labute approximate surface area is 153 Å². The van der Waals surface area contributed by atoms with Gasteiger partial charge in [-0.2, -0.15) is 0 Å². The first kappa shape index (κ1) is 17.5. The first-order valence-corrected chi connectivity index (χ1v) is 9.19. The zero-order chi connectivity index (χ0) is 18.5. The van der Waals surface area contributed by atoms with Crippen molar-refractivity contribution in [2.75, 3.05) is 20.2 Å². The average Bonchev–Trinajstić information content (AvgIpc) is 2.66. The van der Waals surface area contributed by atoms with Crippen LogP contribution in [0.2, 0.25) is 0 Å². The minimum Gasteiger partial charge on any atom is -0.497 e. The molecule has 0 radical (unpaired) electrons. The van der Waals surface area contributed by atoms with Crippen molar-refractivity contribution >= 4 is 5.91 Å². The molecule has 3 N–H and O–H groups in total. The van der Waals surface area contributed by atoms with Crippen LogP contribution in [0.15, 0.2) is 47.8 Å². The van der Waals surface area contributed by atoms with Gasteiger partial charge in [0.25, 0.3) is 0 Å². The van der Waals surface area contributed by atoms with Crippen molar-refractivity contribution in [3.05, 3.63) is 47.8 Å². The maximum Gasteiger partial charge on any atom is 0.224 e. The Bertz CT molecular complexity index is 725. The zero-order valence-corrected chi connectivity index (χ0v) is 15.0. The van der Waals surface area contributed by atoms with Crippen molar-refractivity contribution in [2.45, 2.75) is 43.1 Å². The lowest BCUT2D eigenvalue weighted by Gasteiger charge is -2.54. The average molecular weight is 358 g/mol. The summed E-state index contributed by atoms with van der Waals surface area (Å²) in [7, 11) is 1.61. The van der Waals surface area contributed by atoms with E-state index in [0.717, 1.165) is 24.1 Å². The Morgan fingerprint density at radius 2 is 2.35 bits per heavy atom. The third kappa shape index (κ3) is 2.73. The molecule has 2 bridgehead atoms. The van der Waals surface area contributed by atoms with E-state index < -0.39 is 11.7 Å². The Kier molecular flexibility index (Phi) is 4.29. The number of rotatable bonds is 4. The van der Waals surface area contributed by atoms with Crippen LogP contribution in [0.4, 0.5) is 0 Å². The minimum absolute atomic E-state index is 0.0784. The standard InChI is InChI=1S/C20H26N2O4/c1-3-20(25)11-22-7-6-12(20)8-17(22)19(24)15-10-18(23)21-16-5-4-13(26-2)9-14(15)16/h3-5,9,12,16-17,19,24-25H,1,6-8,10-11H2,2H3,(H,21,23). The fourth-order valence-corrected chi connectivity index (χ4v) is 4.85. The molecule has 1 aliphatic carbocycles. The highest BCUT2D eigenvalue weighted by Crippen LogP contribution is 2.42. The SMILES string of the molecule is C=CC1(O)CN2CCC1CC2C(O)C1=C2C=C(OC)C=CC2NC(=O)C1. The predicted octanol–water partition coefficient (Wildman–Crippen LogP) is 0.644. The van der Waals surface area contributed by atoms with Gasteiger partial charge in [-0.05, 0) is 48.6 Å². The number of ether oxygens (including phenoxy) is 1. The summed E-state index contributed by atoms with van der Waals surface area (Å²) in [6.45, 7) is 5.12. The highest BCUT2D eigenvalue weighted by molar-refractivity contribution is 5.83. The lowest BCUT2D eigenvalue weighted by atomic mass is 9.70. The number of nitrogens with one attached hydrogen (secondary N) is 1. The molecule has 26 heavy (non-hydrogen) atoms. The Morgan fingerprint density at radius 3 is 3.00 bits per heavy atom. The van der Waals surface area contributed by atoms with E-state index in [4.69, 9.17) is 4.74 Å². The molecule has 6 nitrogen and oxygen atoms in total. The van der Waals surface area contributed by atoms with Gasteiger partial charge in [-0.25, -0.2) is 0 Å². The molecular weight excluding hydrogens is 332 g/mol. The number of methoxy groups -OCH3 is 1. The number of piperidine rings is 3. The van der Waals surface area contributed by atoms with Crippen LogP contribution in [0.25, 0.3) is 0 Å². The van der Waals surface area contributed by atoms with Crippen molar-refractivity contribution in [1.29, 1.82) is 0 Å². The molecule has 0 aromatic rings. The third-order valence-electron chi connectivity index (χ3n) is 6.36. The lowest BCUT2D eigenvalue weighted by Crippen LogP contribution is -2.65. The van der Waals surface area contributed by atoms with Crippen molar-refractivity contribution in [1.82, 2.24) is 10.2 Å². The maximum absolute atomic E-state index is 12.2. The van der Waals surface area contributed by atoms with Crippen LogP contribution in [0, 0.1) is 5.92 Å². The van der Waals surface area contributed by atoms with E-state index in [-0.39, 0.29) is 30.3 Å². The topological polar surface area (TPSA) is 82.0 Å². The molecule has 4 heterocycles. The van der Waals surface area contributed by atoms with Gasteiger partial charge >= 0.3 is 0 Å². The van der Waals surface area contributed by atoms with E-state index in [0.29, 0.717) is 18.7 Å². The van der Waals surface area contributed by atoms with Crippen LogP contribution in [0.3, 0.4) is 0 Å². The number of hydrogen-bond acceptors (Lipinski definition) is 5. The summed E-state index contributed by atoms with van der Waals surface area (Å²) in [6, 6.07) is -0.311. The molecule has 6 atom stereocenters. The number of carbonyl (C=O) groups is 1. The van der Waals surface area contributed by atoms with Gasteiger partial charge in [0, 0.05) is 12.6 Å². The fourth-order valence-electron chi connectivity index (χ4n) is 4.85. The van der Waals surface area contributed by atoms with Crippen LogP contribution in [0.5, 0.6) is 0 Å². The van der Waals surface area contributed by atoms with Gasteiger partial charge in [0.05, 0.1) is 31.3 Å². The van der Waals surface area contributed by atoms with Crippen LogP contribution >= 0.6 is 0 Å². The molecule has 1 amide bonds. The summed E-state index contributed by atoms with van der Waals surface area (Å²) in [5, 5.41) is 24.9. The molecule has 3 fully saturated rings.